The first-order valence-corrected chi connectivity index (χ1v) is 7.52. The van der Waals surface area contributed by atoms with Crippen LogP contribution < -0.4 is 10.1 Å². The maximum atomic E-state index is 13.0. The maximum Gasteiger partial charge on any atom is 0.387 e. The number of benzene rings is 2. The Morgan fingerprint density at radius 3 is 2.48 bits per heavy atom. The second kappa shape index (κ2) is 8.01. The lowest BCUT2D eigenvalue weighted by atomic mass is 10.1. The molecule has 0 bridgehead atoms. The smallest absolute Gasteiger partial charge is 0.387 e. The van der Waals surface area contributed by atoms with Crippen molar-refractivity contribution in [3.05, 3.63) is 63.9 Å². The monoisotopic (exact) mass is 387 g/mol. The summed E-state index contributed by atoms with van der Waals surface area (Å²) < 4.78 is 41.7. The van der Waals surface area contributed by atoms with Crippen LogP contribution in [0.4, 0.5) is 13.2 Å². The van der Waals surface area contributed by atoms with Gasteiger partial charge in [-0.1, -0.05) is 12.1 Å². The van der Waals surface area contributed by atoms with Gasteiger partial charge in [0.2, 0.25) is 0 Å². The molecular weight excluding hydrogens is 375 g/mol. The highest BCUT2D eigenvalue weighted by Gasteiger charge is 2.10. The highest BCUT2D eigenvalue weighted by Crippen LogP contribution is 2.18. The second-order valence-electron chi connectivity index (χ2n) is 4.65. The number of carbonyl (C=O) groups excluding carboxylic acids is 1. The Morgan fingerprint density at radius 1 is 1.17 bits per heavy atom. The van der Waals surface area contributed by atoms with Gasteiger partial charge in [0.1, 0.15) is 11.6 Å². The Balaban J connectivity index is 1.85. The number of alkyl halides is 2. The van der Waals surface area contributed by atoms with E-state index in [2.05, 4.69) is 26.0 Å². The molecule has 2 aromatic carbocycles. The van der Waals surface area contributed by atoms with Crippen molar-refractivity contribution in [3.63, 3.8) is 0 Å². The molecule has 0 spiro atoms. The molecule has 122 valence electrons. The van der Waals surface area contributed by atoms with Crippen LogP contribution in [0.3, 0.4) is 0 Å². The number of nitrogens with one attached hydrogen (secondary N) is 1. The third-order valence-corrected chi connectivity index (χ3v) is 3.68. The fourth-order valence-corrected chi connectivity index (χ4v) is 2.46. The third kappa shape index (κ3) is 5.28. The minimum atomic E-state index is -2.85. The molecular formula is C16H13BrF3NO2. The van der Waals surface area contributed by atoms with Crippen molar-refractivity contribution in [2.75, 3.05) is 6.54 Å². The number of hydrogen-bond donors (Lipinski definition) is 1. The Morgan fingerprint density at radius 2 is 1.87 bits per heavy atom. The summed E-state index contributed by atoms with van der Waals surface area (Å²) in [6.07, 6.45) is 0.527. The third-order valence-electron chi connectivity index (χ3n) is 3.02. The minimum Gasteiger partial charge on any atom is -0.435 e. The Bertz CT molecular complexity index is 678. The largest absolute Gasteiger partial charge is 0.435 e. The van der Waals surface area contributed by atoms with Crippen molar-refractivity contribution in [2.45, 2.75) is 13.0 Å². The van der Waals surface area contributed by atoms with Gasteiger partial charge in [-0.05, 0) is 58.2 Å². The molecule has 0 radical (unpaired) electrons. The average molecular weight is 388 g/mol. The fourth-order valence-electron chi connectivity index (χ4n) is 1.93. The van der Waals surface area contributed by atoms with E-state index in [1.54, 1.807) is 12.1 Å². The summed E-state index contributed by atoms with van der Waals surface area (Å²) >= 11 is 3.14. The standard InChI is InChI=1S/C16H13BrF3NO2/c17-14-9-11(18)3-6-13(14)15(22)21-8-7-10-1-4-12(5-2-10)23-16(19)20/h1-6,9,16H,7-8H2,(H,21,22). The van der Waals surface area contributed by atoms with Crippen LogP contribution >= 0.6 is 15.9 Å². The molecule has 0 heterocycles. The topological polar surface area (TPSA) is 38.3 Å². The van der Waals surface area contributed by atoms with Crippen LogP contribution in [0.15, 0.2) is 46.9 Å². The molecule has 0 aliphatic carbocycles. The van der Waals surface area contributed by atoms with E-state index in [9.17, 15) is 18.0 Å². The van der Waals surface area contributed by atoms with Crippen LogP contribution in [-0.4, -0.2) is 19.1 Å². The van der Waals surface area contributed by atoms with Gasteiger partial charge in [0.15, 0.2) is 0 Å². The molecule has 0 aliphatic heterocycles. The van der Waals surface area contributed by atoms with Gasteiger partial charge in [0, 0.05) is 11.0 Å². The molecule has 0 aromatic heterocycles. The zero-order chi connectivity index (χ0) is 16.8. The van der Waals surface area contributed by atoms with Crippen molar-refractivity contribution >= 4 is 21.8 Å². The predicted octanol–water partition coefficient (Wildman–Crippen LogP) is 4.16. The molecule has 0 aliphatic rings. The quantitative estimate of drug-likeness (QED) is 0.807. The number of carbonyl (C=O) groups is 1. The van der Waals surface area contributed by atoms with Crippen molar-refractivity contribution in [1.29, 1.82) is 0 Å². The number of halogens is 4. The van der Waals surface area contributed by atoms with Gasteiger partial charge in [0.05, 0.1) is 5.56 Å². The first-order valence-electron chi connectivity index (χ1n) is 6.72. The normalized spacial score (nSPS) is 10.7. The molecule has 3 nitrogen and oxygen atoms in total. The van der Waals surface area contributed by atoms with Crippen LogP contribution in [0.5, 0.6) is 5.75 Å². The number of ether oxygens (including phenoxy) is 1. The van der Waals surface area contributed by atoms with Crippen molar-refractivity contribution in [3.8, 4) is 5.75 Å². The van der Waals surface area contributed by atoms with Gasteiger partial charge in [-0.15, -0.1) is 0 Å². The van der Waals surface area contributed by atoms with Crippen molar-refractivity contribution < 1.29 is 22.7 Å². The molecule has 0 saturated heterocycles. The SMILES string of the molecule is O=C(NCCc1ccc(OC(F)F)cc1)c1ccc(F)cc1Br. The lowest BCUT2D eigenvalue weighted by Gasteiger charge is -2.08. The molecule has 1 amide bonds. The highest BCUT2D eigenvalue weighted by atomic mass is 79.9. The highest BCUT2D eigenvalue weighted by molar-refractivity contribution is 9.10. The van der Waals surface area contributed by atoms with Gasteiger partial charge >= 0.3 is 6.61 Å². The number of hydrogen-bond acceptors (Lipinski definition) is 2. The number of amides is 1. The van der Waals surface area contributed by atoms with Crippen LogP contribution in [0.2, 0.25) is 0 Å². The zero-order valence-electron chi connectivity index (χ0n) is 11.9. The van der Waals surface area contributed by atoms with Crippen molar-refractivity contribution in [1.82, 2.24) is 5.32 Å². The number of rotatable bonds is 6. The molecule has 23 heavy (non-hydrogen) atoms. The summed E-state index contributed by atoms with van der Waals surface area (Å²) in [5, 5.41) is 2.71. The van der Waals surface area contributed by atoms with E-state index in [0.29, 0.717) is 23.0 Å². The van der Waals surface area contributed by atoms with Gasteiger partial charge in [-0.2, -0.15) is 8.78 Å². The van der Waals surface area contributed by atoms with E-state index in [-0.39, 0.29) is 11.7 Å². The Hall–Kier alpha value is -2.02. The summed E-state index contributed by atoms with van der Waals surface area (Å²) in [5.41, 5.74) is 1.21. The van der Waals surface area contributed by atoms with E-state index >= 15 is 0 Å². The zero-order valence-corrected chi connectivity index (χ0v) is 13.4. The molecule has 0 atom stereocenters. The summed E-state index contributed by atoms with van der Waals surface area (Å²) in [7, 11) is 0. The van der Waals surface area contributed by atoms with Crippen LogP contribution in [0, 0.1) is 5.82 Å². The lowest BCUT2D eigenvalue weighted by molar-refractivity contribution is -0.0498. The first-order chi connectivity index (χ1) is 11.0. The molecule has 7 heteroatoms. The van der Waals surface area contributed by atoms with Gasteiger partial charge < -0.3 is 10.1 Å². The van der Waals surface area contributed by atoms with Gasteiger partial charge in [-0.25, -0.2) is 4.39 Å². The molecule has 2 aromatic rings. The molecule has 0 fully saturated rings. The van der Waals surface area contributed by atoms with Crippen LogP contribution in [-0.2, 0) is 6.42 Å². The van der Waals surface area contributed by atoms with E-state index in [0.717, 1.165) is 5.56 Å². The fraction of sp³-hybridized carbons (Fsp3) is 0.188. The van der Waals surface area contributed by atoms with Gasteiger partial charge in [-0.3, -0.25) is 4.79 Å². The minimum absolute atomic E-state index is 0.0861. The second-order valence-corrected chi connectivity index (χ2v) is 5.51. The summed E-state index contributed by atoms with van der Waals surface area (Å²) in [5.74, 6) is -0.669. The van der Waals surface area contributed by atoms with Crippen LogP contribution in [0.1, 0.15) is 15.9 Å². The molecule has 0 saturated carbocycles. The Labute approximate surface area is 139 Å². The van der Waals surface area contributed by atoms with Crippen LogP contribution in [0.25, 0.3) is 0 Å². The Kier molecular flexibility index (Phi) is 6.04. The lowest BCUT2D eigenvalue weighted by Crippen LogP contribution is -2.26. The molecule has 0 unspecified atom stereocenters. The van der Waals surface area contributed by atoms with E-state index in [1.807, 2.05) is 0 Å². The van der Waals surface area contributed by atoms with Crippen molar-refractivity contribution in [2.24, 2.45) is 0 Å². The first kappa shape index (κ1) is 17.3. The van der Waals surface area contributed by atoms with Gasteiger partial charge in [0.25, 0.3) is 5.91 Å². The molecule has 1 N–H and O–H groups in total. The summed E-state index contributed by atoms with van der Waals surface area (Å²) in [4.78, 5) is 12.0. The average Bonchev–Trinajstić information content (AvgIpc) is 2.48. The summed E-state index contributed by atoms with van der Waals surface area (Å²) in [6, 6.07) is 10.0. The summed E-state index contributed by atoms with van der Waals surface area (Å²) in [6.45, 7) is -2.49. The maximum absolute atomic E-state index is 13.0. The predicted molar refractivity (Wildman–Crippen MR) is 83.2 cm³/mol. The van der Waals surface area contributed by atoms with E-state index in [1.165, 1.54) is 30.3 Å². The molecule has 2 rings (SSSR count). The van der Waals surface area contributed by atoms with E-state index in [4.69, 9.17) is 0 Å². The van der Waals surface area contributed by atoms with E-state index < -0.39 is 12.4 Å².